The Morgan fingerprint density at radius 1 is 1.17 bits per heavy atom. The molecule has 18 heavy (non-hydrogen) atoms. The molecule has 4 nitrogen and oxygen atoms in total. The van der Waals surface area contributed by atoms with Crippen LogP contribution in [0.3, 0.4) is 0 Å². The van der Waals surface area contributed by atoms with E-state index in [2.05, 4.69) is 6.07 Å². The maximum atomic E-state index is 5.91. The zero-order chi connectivity index (χ0) is 13.3. The Hall–Kier alpha value is -1.42. The van der Waals surface area contributed by atoms with Crippen LogP contribution in [0.4, 0.5) is 5.69 Å². The molecule has 2 rings (SSSR count). The van der Waals surface area contributed by atoms with Gasteiger partial charge in [0.1, 0.15) is 11.5 Å². The molecule has 0 aliphatic heterocycles. The highest BCUT2D eigenvalue weighted by atomic mass is 16.5. The largest absolute Gasteiger partial charge is 0.496 e. The molecule has 2 N–H and O–H groups in total. The van der Waals surface area contributed by atoms with Crippen molar-refractivity contribution >= 4 is 5.69 Å². The highest BCUT2D eigenvalue weighted by Crippen LogP contribution is 2.52. The topological polar surface area (TPSA) is 47.7 Å². The average Bonchev–Trinajstić information content (AvgIpc) is 3.17. The lowest BCUT2D eigenvalue weighted by atomic mass is 9.94. The summed E-state index contributed by atoms with van der Waals surface area (Å²) >= 11 is 0. The van der Waals surface area contributed by atoms with Crippen LogP contribution in [0.15, 0.2) is 12.1 Å². The van der Waals surface area contributed by atoms with Crippen LogP contribution in [0.2, 0.25) is 0 Å². The molecule has 0 aromatic heterocycles. The lowest BCUT2D eigenvalue weighted by molar-refractivity contribution is 0.394. The Morgan fingerprint density at radius 3 is 2.17 bits per heavy atom. The van der Waals surface area contributed by atoms with Crippen LogP contribution in [0.5, 0.6) is 11.5 Å². The number of rotatable bonds is 5. The van der Waals surface area contributed by atoms with Crippen molar-refractivity contribution in [1.82, 2.24) is 0 Å². The molecule has 1 aromatic carbocycles. The van der Waals surface area contributed by atoms with Gasteiger partial charge in [-0.1, -0.05) is 0 Å². The molecule has 100 valence electrons. The van der Waals surface area contributed by atoms with Crippen molar-refractivity contribution < 1.29 is 9.47 Å². The van der Waals surface area contributed by atoms with Crippen molar-refractivity contribution in [3.63, 3.8) is 0 Å². The Morgan fingerprint density at radius 2 is 1.78 bits per heavy atom. The number of hydrogen-bond donors (Lipinski definition) is 1. The molecule has 0 unspecified atom stereocenters. The van der Waals surface area contributed by atoms with Crippen molar-refractivity contribution in [3.05, 3.63) is 17.7 Å². The van der Waals surface area contributed by atoms with E-state index in [1.165, 1.54) is 5.56 Å². The van der Waals surface area contributed by atoms with Crippen molar-refractivity contribution in [1.29, 1.82) is 0 Å². The number of ether oxygens (including phenoxy) is 2. The fourth-order valence-corrected chi connectivity index (χ4v) is 2.38. The summed E-state index contributed by atoms with van der Waals surface area (Å²) in [4.78, 5) is 2.02. The van der Waals surface area contributed by atoms with Gasteiger partial charge in [0, 0.05) is 37.7 Å². The van der Waals surface area contributed by atoms with Gasteiger partial charge in [0.05, 0.1) is 19.9 Å². The van der Waals surface area contributed by atoms with Crippen LogP contribution in [-0.4, -0.2) is 34.9 Å². The third kappa shape index (κ3) is 2.01. The van der Waals surface area contributed by atoms with E-state index in [9.17, 15) is 0 Å². The second-order valence-corrected chi connectivity index (χ2v) is 5.10. The lowest BCUT2D eigenvalue weighted by Crippen LogP contribution is -2.21. The molecule has 1 aliphatic rings. The third-order valence-corrected chi connectivity index (χ3v) is 3.80. The predicted molar refractivity (Wildman–Crippen MR) is 73.8 cm³/mol. The zero-order valence-corrected chi connectivity index (χ0v) is 11.6. The standard InChI is InChI=1S/C14H22N2O2/c1-16(2)11-8-12(17-3)10(7-13(11)18-4)14(9-15)5-6-14/h7-8H,5-6,9,15H2,1-4H3. The molecule has 0 spiro atoms. The van der Waals surface area contributed by atoms with E-state index in [0.29, 0.717) is 6.54 Å². The number of nitrogens with two attached hydrogens (primary N) is 1. The van der Waals surface area contributed by atoms with Gasteiger partial charge in [-0.3, -0.25) is 0 Å². The van der Waals surface area contributed by atoms with Gasteiger partial charge in [-0.2, -0.15) is 0 Å². The van der Waals surface area contributed by atoms with Gasteiger partial charge in [0.25, 0.3) is 0 Å². The average molecular weight is 250 g/mol. The molecule has 4 heteroatoms. The predicted octanol–water partition coefficient (Wildman–Crippen LogP) is 1.76. The van der Waals surface area contributed by atoms with Gasteiger partial charge in [-0.25, -0.2) is 0 Å². The smallest absolute Gasteiger partial charge is 0.142 e. The van der Waals surface area contributed by atoms with E-state index in [1.807, 2.05) is 25.1 Å². The monoisotopic (exact) mass is 250 g/mol. The molecule has 0 bridgehead atoms. The van der Waals surface area contributed by atoms with Gasteiger partial charge in [-0.05, 0) is 18.9 Å². The molecule has 0 atom stereocenters. The maximum absolute atomic E-state index is 5.91. The minimum atomic E-state index is 0.101. The number of nitrogens with zero attached hydrogens (tertiary/aromatic N) is 1. The van der Waals surface area contributed by atoms with E-state index in [-0.39, 0.29) is 5.41 Å². The van der Waals surface area contributed by atoms with Crippen LogP contribution in [-0.2, 0) is 5.41 Å². The van der Waals surface area contributed by atoms with E-state index < -0.39 is 0 Å². The fourth-order valence-electron chi connectivity index (χ4n) is 2.38. The quantitative estimate of drug-likeness (QED) is 0.865. The van der Waals surface area contributed by atoms with Gasteiger partial charge in [-0.15, -0.1) is 0 Å². The first-order valence-electron chi connectivity index (χ1n) is 6.22. The normalized spacial score (nSPS) is 16.3. The Balaban J connectivity index is 2.53. The van der Waals surface area contributed by atoms with Crippen molar-refractivity contribution in [2.24, 2.45) is 5.73 Å². The van der Waals surface area contributed by atoms with Gasteiger partial charge >= 0.3 is 0 Å². The summed E-state index contributed by atoms with van der Waals surface area (Å²) in [5.74, 6) is 1.78. The SMILES string of the molecule is COc1cc(C2(CN)CC2)c(OC)cc1N(C)C. The molecular formula is C14H22N2O2. The van der Waals surface area contributed by atoms with E-state index in [1.54, 1.807) is 14.2 Å². The molecule has 1 aromatic rings. The lowest BCUT2D eigenvalue weighted by Gasteiger charge is -2.23. The third-order valence-electron chi connectivity index (χ3n) is 3.80. The number of benzene rings is 1. The minimum absolute atomic E-state index is 0.101. The van der Waals surface area contributed by atoms with Gasteiger partial charge in [0.15, 0.2) is 0 Å². The van der Waals surface area contributed by atoms with E-state index in [0.717, 1.165) is 30.0 Å². The van der Waals surface area contributed by atoms with Crippen LogP contribution < -0.4 is 20.1 Å². The first-order chi connectivity index (χ1) is 8.57. The highest BCUT2D eigenvalue weighted by molar-refractivity contribution is 5.65. The highest BCUT2D eigenvalue weighted by Gasteiger charge is 2.45. The summed E-state index contributed by atoms with van der Waals surface area (Å²) in [6, 6.07) is 4.11. The van der Waals surface area contributed by atoms with Crippen LogP contribution >= 0.6 is 0 Å². The fraction of sp³-hybridized carbons (Fsp3) is 0.571. The molecule has 1 aliphatic carbocycles. The van der Waals surface area contributed by atoms with Crippen molar-refractivity contribution in [2.45, 2.75) is 18.3 Å². The number of methoxy groups -OCH3 is 2. The molecule has 0 amide bonds. The first kappa shape index (κ1) is 13.0. The maximum Gasteiger partial charge on any atom is 0.142 e. The Kier molecular flexibility index (Phi) is 3.39. The van der Waals surface area contributed by atoms with Crippen molar-refractivity contribution in [3.8, 4) is 11.5 Å². The van der Waals surface area contributed by atoms with Crippen LogP contribution in [0.1, 0.15) is 18.4 Å². The minimum Gasteiger partial charge on any atom is -0.496 e. The van der Waals surface area contributed by atoms with Crippen molar-refractivity contribution in [2.75, 3.05) is 39.8 Å². The van der Waals surface area contributed by atoms with Gasteiger partial charge in [0.2, 0.25) is 0 Å². The number of hydrogen-bond acceptors (Lipinski definition) is 4. The molecule has 0 heterocycles. The number of anilines is 1. The zero-order valence-electron chi connectivity index (χ0n) is 11.6. The molecule has 0 radical (unpaired) electrons. The Labute approximate surface area is 109 Å². The summed E-state index contributed by atoms with van der Waals surface area (Å²) in [7, 11) is 7.39. The molecule has 0 saturated heterocycles. The second kappa shape index (κ2) is 4.69. The summed E-state index contributed by atoms with van der Waals surface area (Å²) in [6.45, 7) is 0.661. The van der Waals surface area contributed by atoms with E-state index >= 15 is 0 Å². The summed E-state index contributed by atoms with van der Waals surface area (Å²) in [5, 5.41) is 0. The first-order valence-corrected chi connectivity index (χ1v) is 6.22. The summed E-state index contributed by atoms with van der Waals surface area (Å²) in [6.07, 6.45) is 2.26. The van der Waals surface area contributed by atoms with Crippen LogP contribution in [0.25, 0.3) is 0 Å². The molecule has 1 fully saturated rings. The second-order valence-electron chi connectivity index (χ2n) is 5.10. The summed E-state index contributed by atoms with van der Waals surface area (Å²) in [5.41, 5.74) is 8.20. The van der Waals surface area contributed by atoms with E-state index in [4.69, 9.17) is 15.2 Å². The Bertz CT molecular complexity index is 440. The molecule has 1 saturated carbocycles. The van der Waals surface area contributed by atoms with Gasteiger partial charge < -0.3 is 20.1 Å². The van der Waals surface area contributed by atoms with Crippen LogP contribution in [0, 0.1) is 0 Å². The molecular weight excluding hydrogens is 228 g/mol. The summed E-state index contributed by atoms with van der Waals surface area (Å²) < 4.78 is 11.0.